The molecule has 156 valence electrons. The number of carbonyl (C=O) groups is 1. The van der Waals surface area contributed by atoms with Crippen molar-refractivity contribution < 1.29 is 19.0 Å². The molecule has 0 aliphatic carbocycles. The van der Waals surface area contributed by atoms with Crippen LogP contribution in [0, 0.1) is 0 Å². The zero-order valence-corrected chi connectivity index (χ0v) is 17.9. The third kappa shape index (κ3) is 4.42. The fraction of sp³-hybridized carbons (Fsp3) is 0.435. The second kappa shape index (κ2) is 8.64. The van der Waals surface area contributed by atoms with Crippen molar-refractivity contribution >= 4 is 17.3 Å². The van der Waals surface area contributed by atoms with Crippen LogP contribution in [0.5, 0.6) is 17.2 Å². The summed E-state index contributed by atoms with van der Waals surface area (Å²) in [5.41, 5.74) is 2.06. The number of nitrogens with zero attached hydrogens (tertiary/aromatic N) is 1. The first-order chi connectivity index (χ1) is 13.9. The Morgan fingerprint density at radius 1 is 1.00 bits per heavy atom. The Morgan fingerprint density at radius 2 is 1.59 bits per heavy atom. The van der Waals surface area contributed by atoms with Crippen LogP contribution in [0.25, 0.3) is 0 Å². The van der Waals surface area contributed by atoms with Crippen molar-refractivity contribution in [3.8, 4) is 17.2 Å². The van der Waals surface area contributed by atoms with Crippen molar-refractivity contribution in [1.29, 1.82) is 0 Å². The minimum Gasteiger partial charge on any atom is -0.490 e. The lowest BCUT2D eigenvalue weighted by atomic mass is 9.98. The summed E-state index contributed by atoms with van der Waals surface area (Å²) < 4.78 is 17.3. The topological polar surface area (TPSA) is 60.0 Å². The summed E-state index contributed by atoms with van der Waals surface area (Å²) in [6.07, 6.45) is 0. The van der Waals surface area contributed by atoms with E-state index in [-0.39, 0.29) is 11.4 Å². The number of hydrogen-bond donors (Lipinski definition) is 1. The molecule has 1 heterocycles. The zero-order valence-electron chi connectivity index (χ0n) is 17.9. The number of benzene rings is 2. The van der Waals surface area contributed by atoms with Crippen molar-refractivity contribution in [3.05, 3.63) is 42.0 Å². The van der Waals surface area contributed by atoms with E-state index in [0.717, 1.165) is 11.4 Å². The highest BCUT2D eigenvalue weighted by molar-refractivity contribution is 6.09. The van der Waals surface area contributed by atoms with E-state index in [4.69, 9.17) is 14.2 Å². The SMILES string of the molecule is CCOc1cc(C(=O)N2CC(C)(C)Nc3ccccc32)cc(OCC)c1OCC. The molecule has 2 aromatic rings. The lowest BCUT2D eigenvalue weighted by molar-refractivity contribution is 0.0980. The van der Waals surface area contributed by atoms with E-state index in [1.807, 2.05) is 49.9 Å². The number of amides is 1. The zero-order chi connectivity index (χ0) is 21.0. The first-order valence-corrected chi connectivity index (χ1v) is 10.2. The minimum absolute atomic E-state index is 0.100. The van der Waals surface area contributed by atoms with Crippen LogP contribution in [-0.2, 0) is 0 Å². The van der Waals surface area contributed by atoms with Gasteiger partial charge in [-0.15, -0.1) is 0 Å². The van der Waals surface area contributed by atoms with Crippen molar-refractivity contribution in [1.82, 2.24) is 0 Å². The van der Waals surface area contributed by atoms with Gasteiger partial charge in [-0.1, -0.05) is 12.1 Å². The van der Waals surface area contributed by atoms with E-state index >= 15 is 0 Å². The van der Waals surface area contributed by atoms with E-state index in [1.54, 1.807) is 12.1 Å². The van der Waals surface area contributed by atoms with Crippen molar-refractivity contribution in [3.63, 3.8) is 0 Å². The predicted octanol–water partition coefficient (Wildman–Crippen LogP) is 4.73. The second-order valence-electron chi connectivity index (χ2n) is 7.52. The lowest BCUT2D eigenvalue weighted by Crippen LogP contribution is -2.50. The highest BCUT2D eigenvalue weighted by Gasteiger charge is 2.33. The molecular formula is C23H30N2O4. The van der Waals surface area contributed by atoms with Crippen LogP contribution in [0.4, 0.5) is 11.4 Å². The van der Waals surface area contributed by atoms with Gasteiger partial charge in [-0.3, -0.25) is 4.79 Å². The van der Waals surface area contributed by atoms with E-state index in [1.165, 1.54) is 0 Å². The van der Waals surface area contributed by atoms with Gasteiger partial charge < -0.3 is 24.4 Å². The van der Waals surface area contributed by atoms with Gasteiger partial charge in [0.05, 0.1) is 31.2 Å². The van der Waals surface area contributed by atoms with Crippen molar-refractivity contribution in [2.24, 2.45) is 0 Å². The minimum atomic E-state index is -0.249. The molecule has 0 saturated carbocycles. The average molecular weight is 399 g/mol. The maximum absolute atomic E-state index is 13.6. The van der Waals surface area contributed by atoms with Crippen LogP contribution < -0.4 is 24.4 Å². The summed E-state index contributed by atoms with van der Waals surface area (Å²) in [7, 11) is 0. The second-order valence-corrected chi connectivity index (χ2v) is 7.52. The van der Waals surface area contributed by atoms with E-state index in [2.05, 4.69) is 19.2 Å². The van der Waals surface area contributed by atoms with Gasteiger partial charge >= 0.3 is 0 Å². The van der Waals surface area contributed by atoms with Crippen LogP contribution in [-0.4, -0.2) is 37.8 Å². The molecule has 6 heteroatoms. The molecule has 0 unspecified atom stereocenters. The predicted molar refractivity (Wildman–Crippen MR) is 116 cm³/mol. The highest BCUT2D eigenvalue weighted by Crippen LogP contribution is 2.41. The molecule has 0 spiro atoms. The van der Waals surface area contributed by atoms with Gasteiger partial charge in [0, 0.05) is 17.6 Å². The Morgan fingerprint density at radius 3 is 2.17 bits per heavy atom. The first kappa shape index (κ1) is 20.8. The molecule has 0 atom stereocenters. The third-order valence-electron chi connectivity index (χ3n) is 4.62. The number of ether oxygens (including phenoxy) is 3. The van der Waals surface area contributed by atoms with Gasteiger partial charge in [0.15, 0.2) is 11.5 Å². The Hall–Kier alpha value is -2.89. The number of nitrogens with one attached hydrogen (secondary N) is 1. The summed E-state index contributed by atoms with van der Waals surface area (Å²) in [6.45, 7) is 11.8. The summed E-state index contributed by atoms with van der Waals surface area (Å²) in [5, 5.41) is 3.50. The summed E-state index contributed by atoms with van der Waals surface area (Å²) >= 11 is 0. The fourth-order valence-corrected chi connectivity index (χ4v) is 3.55. The molecule has 1 N–H and O–H groups in total. The van der Waals surface area contributed by atoms with E-state index in [0.29, 0.717) is 49.2 Å². The summed E-state index contributed by atoms with van der Waals surface area (Å²) in [4.78, 5) is 15.4. The number of anilines is 2. The standard InChI is InChI=1S/C23H30N2O4/c1-6-27-19-13-16(14-20(28-7-2)21(19)29-8-3)22(26)25-15-23(4,5)24-17-11-9-10-12-18(17)25/h9-14,24H,6-8,15H2,1-5H3. The molecule has 1 aliphatic heterocycles. The first-order valence-electron chi connectivity index (χ1n) is 10.2. The lowest BCUT2D eigenvalue weighted by Gasteiger charge is -2.41. The monoisotopic (exact) mass is 398 g/mol. The molecule has 1 amide bonds. The summed E-state index contributed by atoms with van der Waals surface area (Å²) in [6, 6.07) is 11.3. The summed E-state index contributed by atoms with van der Waals surface area (Å²) in [5.74, 6) is 1.48. The quantitative estimate of drug-likeness (QED) is 0.730. The Bertz CT molecular complexity index is 852. The number of fused-ring (bicyclic) bond motifs is 1. The number of carbonyl (C=O) groups excluding carboxylic acids is 1. The molecule has 0 fully saturated rings. The van der Waals surface area contributed by atoms with Crippen molar-refractivity contribution in [2.75, 3.05) is 36.6 Å². The van der Waals surface area contributed by atoms with Crippen LogP contribution in [0.2, 0.25) is 0 Å². The Balaban J connectivity index is 2.06. The van der Waals surface area contributed by atoms with Gasteiger partial charge in [0.1, 0.15) is 0 Å². The molecule has 1 aliphatic rings. The molecule has 0 bridgehead atoms. The highest BCUT2D eigenvalue weighted by atomic mass is 16.5. The molecule has 0 aromatic heterocycles. The normalized spacial score (nSPS) is 14.6. The number of rotatable bonds is 7. The van der Waals surface area contributed by atoms with Gasteiger partial charge in [-0.25, -0.2) is 0 Å². The van der Waals surface area contributed by atoms with Gasteiger partial charge in [0.25, 0.3) is 5.91 Å². The smallest absolute Gasteiger partial charge is 0.258 e. The average Bonchev–Trinajstić information content (AvgIpc) is 2.68. The Kier molecular flexibility index (Phi) is 6.20. The molecular weight excluding hydrogens is 368 g/mol. The van der Waals surface area contributed by atoms with E-state index in [9.17, 15) is 4.79 Å². The van der Waals surface area contributed by atoms with Crippen LogP contribution in [0.1, 0.15) is 45.0 Å². The van der Waals surface area contributed by atoms with Gasteiger partial charge in [-0.2, -0.15) is 0 Å². The van der Waals surface area contributed by atoms with Gasteiger partial charge in [0.2, 0.25) is 5.75 Å². The largest absolute Gasteiger partial charge is 0.490 e. The molecule has 0 saturated heterocycles. The van der Waals surface area contributed by atoms with E-state index < -0.39 is 0 Å². The Labute approximate surface area is 172 Å². The maximum atomic E-state index is 13.6. The molecule has 0 radical (unpaired) electrons. The number of hydrogen-bond acceptors (Lipinski definition) is 5. The number of para-hydroxylation sites is 2. The maximum Gasteiger partial charge on any atom is 0.258 e. The molecule has 2 aromatic carbocycles. The van der Waals surface area contributed by atoms with Crippen LogP contribution >= 0.6 is 0 Å². The van der Waals surface area contributed by atoms with Crippen LogP contribution in [0.15, 0.2) is 36.4 Å². The van der Waals surface area contributed by atoms with Crippen LogP contribution in [0.3, 0.4) is 0 Å². The van der Waals surface area contributed by atoms with Crippen molar-refractivity contribution in [2.45, 2.75) is 40.2 Å². The van der Waals surface area contributed by atoms with Gasteiger partial charge in [-0.05, 0) is 58.9 Å². The molecule has 3 rings (SSSR count). The third-order valence-corrected chi connectivity index (χ3v) is 4.62. The molecule has 6 nitrogen and oxygen atoms in total. The fourth-order valence-electron chi connectivity index (χ4n) is 3.55. The molecule has 29 heavy (non-hydrogen) atoms.